The number of carbonyl (C=O) groups is 1. The first kappa shape index (κ1) is 17.4. The summed E-state index contributed by atoms with van der Waals surface area (Å²) in [6.45, 7) is 4.00. The number of hydrogen-bond donors (Lipinski definition) is 1. The molecule has 0 saturated carbocycles. The van der Waals surface area contributed by atoms with Crippen LogP contribution in [0, 0.1) is 0 Å². The molecule has 0 aromatic heterocycles. The molecule has 27 heavy (non-hydrogen) atoms. The number of amides is 1. The van der Waals surface area contributed by atoms with Gasteiger partial charge in [-0.2, -0.15) is 0 Å². The minimum Gasteiger partial charge on any atom is -0.480 e. The van der Waals surface area contributed by atoms with Crippen LogP contribution >= 0.6 is 0 Å². The van der Waals surface area contributed by atoms with E-state index in [9.17, 15) is 4.79 Å². The van der Waals surface area contributed by atoms with Gasteiger partial charge in [0.15, 0.2) is 6.10 Å². The molecule has 0 unspecified atom stereocenters. The lowest BCUT2D eigenvalue weighted by Crippen LogP contribution is -2.30. The minimum absolute atomic E-state index is 0.156. The molecule has 1 saturated heterocycles. The molecule has 138 valence electrons. The van der Waals surface area contributed by atoms with Crippen molar-refractivity contribution in [3.63, 3.8) is 0 Å². The number of nitrogens with one attached hydrogen (secondary N) is 1. The maximum absolute atomic E-state index is 12.5. The van der Waals surface area contributed by atoms with Crippen molar-refractivity contribution in [1.29, 1.82) is 0 Å². The molecule has 1 fully saturated rings. The predicted molar refractivity (Wildman–Crippen MR) is 111 cm³/mol. The maximum atomic E-state index is 12.5. The van der Waals surface area contributed by atoms with Crippen LogP contribution in [0.25, 0.3) is 10.8 Å². The van der Waals surface area contributed by atoms with Gasteiger partial charge in [-0.25, -0.2) is 0 Å². The van der Waals surface area contributed by atoms with Gasteiger partial charge in [0.2, 0.25) is 0 Å². The Labute approximate surface area is 159 Å². The molecule has 1 atom stereocenters. The summed E-state index contributed by atoms with van der Waals surface area (Å²) < 4.78 is 5.95. The molecular weight excluding hydrogens is 336 g/mol. The average molecular weight is 360 g/mol. The van der Waals surface area contributed by atoms with E-state index in [1.165, 1.54) is 18.5 Å². The van der Waals surface area contributed by atoms with Crippen molar-refractivity contribution < 1.29 is 9.53 Å². The normalized spacial score (nSPS) is 14.9. The van der Waals surface area contributed by atoms with Crippen LogP contribution in [0.2, 0.25) is 0 Å². The van der Waals surface area contributed by atoms with Crippen LogP contribution in [0.15, 0.2) is 66.7 Å². The van der Waals surface area contributed by atoms with Gasteiger partial charge in [0.25, 0.3) is 5.91 Å². The van der Waals surface area contributed by atoms with E-state index in [2.05, 4.69) is 22.3 Å². The number of ether oxygens (including phenoxy) is 1. The lowest BCUT2D eigenvalue weighted by molar-refractivity contribution is -0.122. The molecule has 1 amide bonds. The highest BCUT2D eigenvalue weighted by atomic mass is 16.5. The molecular formula is C23H24N2O2. The Morgan fingerprint density at radius 2 is 1.67 bits per heavy atom. The van der Waals surface area contributed by atoms with Gasteiger partial charge in [0.1, 0.15) is 5.75 Å². The summed E-state index contributed by atoms with van der Waals surface area (Å²) in [7, 11) is 0. The van der Waals surface area contributed by atoms with Gasteiger partial charge in [-0.15, -0.1) is 0 Å². The van der Waals surface area contributed by atoms with Crippen molar-refractivity contribution in [1.82, 2.24) is 0 Å². The molecule has 0 aliphatic carbocycles. The molecule has 0 bridgehead atoms. The van der Waals surface area contributed by atoms with Crippen LogP contribution in [0.4, 0.5) is 11.4 Å². The lowest BCUT2D eigenvalue weighted by Gasteiger charge is -2.19. The topological polar surface area (TPSA) is 41.6 Å². The summed E-state index contributed by atoms with van der Waals surface area (Å²) in [6, 6.07) is 21.9. The standard InChI is InChI=1S/C23H24N2O2/c1-17(27-22-10-6-8-18-7-2-3-9-21(18)22)23(26)24-19-11-13-20(14-12-19)25-15-4-5-16-25/h2-3,6-14,17H,4-5,15-16H2,1H3,(H,24,26)/t17-/m1/s1. The van der Waals surface area contributed by atoms with Crippen molar-refractivity contribution in [3.8, 4) is 5.75 Å². The molecule has 1 aliphatic heterocycles. The zero-order chi connectivity index (χ0) is 18.6. The van der Waals surface area contributed by atoms with Gasteiger partial charge >= 0.3 is 0 Å². The average Bonchev–Trinajstić information content (AvgIpc) is 3.23. The second-order valence-corrected chi connectivity index (χ2v) is 6.97. The molecule has 1 heterocycles. The fourth-order valence-corrected chi connectivity index (χ4v) is 3.52. The van der Waals surface area contributed by atoms with E-state index >= 15 is 0 Å². The second kappa shape index (κ2) is 7.70. The molecule has 1 N–H and O–H groups in total. The molecule has 3 aromatic carbocycles. The van der Waals surface area contributed by atoms with Crippen molar-refractivity contribution in [3.05, 3.63) is 66.7 Å². The number of nitrogens with zero attached hydrogens (tertiary/aromatic N) is 1. The summed E-state index contributed by atoms with van der Waals surface area (Å²) >= 11 is 0. The van der Waals surface area contributed by atoms with Crippen LogP contribution < -0.4 is 15.0 Å². The number of carbonyl (C=O) groups excluding carboxylic acids is 1. The van der Waals surface area contributed by atoms with Crippen LogP contribution in [0.1, 0.15) is 19.8 Å². The Bertz CT molecular complexity index is 925. The fraction of sp³-hybridized carbons (Fsp3) is 0.261. The lowest BCUT2D eigenvalue weighted by atomic mass is 10.1. The molecule has 3 aromatic rings. The summed E-state index contributed by atoms with van der Waals surface area (Å²) in [5, 5.41) is 5.05. The van der Waals surface area contributed by atoms with E-state index in [0.717, 1.165) is 35.3 Å². The van der Waals surface area contributed by atoms with Crippen molar-refractivity contribution in [2.45, 2.75) is 25.9 Å². The molecule has 4 rings (SSSR count). The number of hydrogen-bond acceptors (Lipinski definition) is 3. The third-order valence-corrected chi connectivity index (χ3v) is 5.03. The van der Waals surface area contributed by atoms with E-state index in [0.29, 0.717) is 0 Å². The second-order valence-electron chi connectivity index (χ2n) is 6.97. The van der Waals surface area contributed by atoms with Crippen LogP contribution in [0.5, 0.6) is 5.75 Å². The van der Waals surface area contributed by atoms with Gasteiger partial charge in [-0.3, -0.25) is 4.79 Å². The third-order valence-electron chi connectivity index (χ3n) is 5.03. The zero-order valence-corrected chi connectivity index (χ0v) is 15.5. The largest absolute Gasteiger partial charge is 0.480 e. The molecule has 0 radical (unpaired) electrons. The highest BCUT2D eigenvalue weighted by molar-refractivity contribution is 5.95. The fourth-order valence-electron chi connectivity index (χ4n) is 3.52. The first-order chi connectivity index (χ1) is 13.2. The van der Waals surface area contributed by atoms with Crippen molar-refractivity contribution in [2.75, 3.05) is 23.3 Å². The summed E-state index contributed by atoms with van der Waals surface area (Å²) in [6.07, 6.45) is 1.91. The monoisotopic (exact) mass is 360 g/mol. The van der Waals surface area contributed by atoms with E-state index in [-0.39, 0.29) is 5.91 Å². The van der Waals surface area contributed by atoms with E-state index in [4.69, 9.17) is 4.74 Å². The van der Waals surface area contributed by atoms with Gasteiger partial charge in [-0.1, -0.05) is 36.4 Å². The van der Waals surface area contributed by atoms with E-state index < -0.39 is 6.10 Å². The van der Waals surface area contributed by atoms with Crippen molar-refractivity contribution in [2.24, 2.45) is 0 Å². The number of anilines is 2. The van der Waals surface area contributed by atoms with Crippen LogP contribution in [-0.2, 0) is 4.79 Å². The Balaban J connectivity index is 1.41. The van der Waals surface area contributed by atoms with Gasteiger partial charge < -0.3 is 15.0 Å². The first-order valence-corrected chi connectivity index (χ1v) is 9.51. The quantitative estimate of drug-likeness (QED) is 0.707. The Morgan fingerprint density at radius 3 is 2.44 bits per heavy atom. The highest BCUT2D eigenvalue weighted by Crippen LogP contribution is 2.26. The molecule has 4 nitrogen and oxygen atoms in total. The van der Waals surface area contributed by atoms with Gasteiger partial charge in [-0.05, 0) is 55.5 Å². The van der Waals surface area contributed by atoms with Crippen LogP contribution in [-0.4, -0.2) is 25.1 Å². The zero-order valence-electron chi connectivity index (χ0n) is 15.5. The highest BCUT2D eigenvalue weighted by Gasteiger charge is 2.17. The smallest absolute Gasteiger partial charge is 0.265 e. The van der Waals surface area contributed by atoms with Crippen molar-refractivity contribution >= 4 is 28.1 Å². The van der Waals surface area contributed by atoms with E-state index in [1.807, 2.05) is 54.6 Å². The third kappa shape index (κ3) is 3.90. The number of rotatable bonds is 5. The Hall–Kier alpha value is -3.01. The van der Waals surface area contributed by atoms with Crippen LogP contribution in [0.3, 0.4) is 0 Å². The summed E-state index contributed by atoms with van der Waals surface area (Å²) in [5.74, 6) is 0.567. The summed E-state index contributed by atoms with van der Waals surface area (Å²) in [5.41, 5.74) is 2.00. The maximum Gasteiger partial charge on any atom is 0.265 e. The van der Waals surface area contributed by atoms with Gasteiger partial charge in [0, 0.05) is 29.9 Å². The molecule has 1 aliphatic rings. The van der Waals surface area contributed by atoms with Gasteiger partial charge in [0.05, 0.1) is 0 Å². The molecule has 0 spiro atoms. The van der Waals surface area contributed by atoms with E-state index in [1.54, 1.807) is 6.92 Å². The summed E-state index contributed by atoms with van der Waals surface area (Å²) in [4.78, 5) is 14.9. The Kier molecular flexibility index (Phi) is 4.97. The molecule has 4 heteroatoms. The Morgan fingerprint density at radius 1 is 0.963 bits per heavy atom. The first-order valence-electron chi connectivity index (χ1n) is 9.51. The number of benzene rings is 3. The SMILES string of the molecule is C[C@@H](Oc1cccc2ccccc12)C(=O)Nc1ccc(N2CCCC2)cc1. The minimum atomic E-state index is -0.589. The number of fused-ring (bicyclic) bond motifs is 1. The predicted octanol–water partition coefficient (Wildman–Crippen LogP) is 4.85.